The standard InChI is InChI=1S/C19H16N2O2/c22-19(23-14-6-9-15-7-2-1-3-8-15)21-17-12-4-10-16-11-5-13-20-18(16)17/h1-13H,14H2,(H,21,22)/b9-6-. The maximum atomic E-state index is 11.9. The van der Waals surface area contributed by atoms with Gasteiger partial charge in [-0.3, -0.25) is 10.3 Å². The summed E-state index contributed by atoms with van der Waals surface area (Å²) in [6.07, 6.45) is 4.91. The number of pyridine rings is 1. The molecule has 114 valence electrons. The minimum atomic E-state index is -0.499. The number of fused-ring (bicyclic) bond motifs is 1. The largest absolute Gasteiger partial charge is 0.445 e. The van der Waals surface area contributed by atoms with Crippen LogP contribution in [-0.4, -0.2) is 17.7 Å². The summed E-state index contributed by atoms with van der Waals surface area (Å²) >= 11 is 0. The number of carbonyl (C=O) groups excluding carboxylic acids is 1. The number of aromatic nitrogens is 1. The van der Waals surface area contributed by atoms with Crippen molar-refractivity contribution in [3.05, 3.63) is 78.5 Å². The Morgan fingerprint density at radius 1 is 1.04 bits per heavy atom. The molecular formula is C19H16N2O2. The molecule has 1 N–H and O–H groups in total. The molecule has 0 saturated heterocycles. The van der Waals surface area contributed by atoms with Crippen LogP contribution < -0.4 is 5.32 Å². The molecular weight excluding hydrogens is 288 g/mol. The molecule has 0 aliphatic heterocycles. The normalized spacial score (nSPS) is 10.8. The summed E-state index contributed by atoms with van der Waals surface area (Å²) in [4.78, 5) is 16.2. The lowest BCUT2D eigenvalue weighted by molar-refractivity contribution is 0.174. The number of amides is 1. The number of carbonyl (C=O) groups is 1. The summed E-state index contributed by atoms with van der Waals surface area (Å²) in [5, 5.41) is 3.69. The van der Waals surface area contributed by atoms with Gasteiger partial charge in [0.2, 0.25) is 0 Å². The quantitative estimate of drug-likeness (QED) is 0.772. The van der Waals surface area contributed by atoms with E-state index >= 15 is 0 Å². The molecule has 4 nitrogen and oxygen atoms in total. The molecule has 0 unspecified atom stereocenters. The third-order valence-electron chi connectivity index (χ3n) is 3.29. The Kier molecular flexibility index (Phi) is 4.64. The molecule has 3 rings (SSSR count). The van der Waals surface area contributed by atoms with E-state index in [1.165, 1.54) is 0 Å². The van der Waals surface area contributed by atoms with E-state index in [0.29, 0.717) is 5.69 Å². The van der Waals surface area contributed by atoms with Gasteiger partial charge in [-0.1, -0.05) is 54.6 Å². The fourth-order valence-corrected chi connectivity index (χ4v) is 2.22. The SMILES string of the molecule is O=C(Nc1cccc2cccnc12)OC/C=C\c1ccccc1. The third-order valence-corrected chi connectivity index (χ3v) is 3.29. The first-order valence-corrected chi connectivity index (χ1v) is 7.32. The highest BCUT2D eigenvalue weighted by Crippen LogP contribution is 2.20. The first-order valence-electron chi connectivity index (χ1n) is 7.32. The molecule has 0 aliphatic carbocycles. The van der Waals surface area contributed by atoms with E-state index in [4.69, 9.17) is 4.74 Å². The lowest BCUT2D eigenvalue weighted by Crippen LogP contribution is -2.14. The van der Waals surface area contributed by atoms with Gasteiger partial charge in [-0.15, -0.1) is 0 Å². The van der Waals surface area contributed by atoms with Crippen molar-refractivity contribution in [2.24, 2.45) is 0 Å². The van der Waals surface area contributed by atoms with Crippen LogP contribution in [0.3, 0.4) is 0 Å². The smallest absolute Gasteiger partial charge is 0.412 e. The highest BCUT2D eigenvalue weighted by atomic mass is 16.5. The van der Waals surface area contributed by atoms with E-state index in [0.717, 1.165) is 16.5 Å². The van der Waals surface area contributed by atoms with E-state index in [2.05, 4.69) is 10.3 Å². The van der Waals surface area contributed by atoms with E-state index in [1.807, 2.05) is 60.7 Å². The van der Waals surface area contributed by atoms with E-state index in [9.17, 15) is 4.79 Å². The number of para-hydroxylation sites is 1. The van der Waals surface area contributed by atoms with E-state index in [-0.39, 0.29) is 6.61 Å². The predicted octanol–water partition coefficient (Wildman–Crippen LogP) is 4.50. The van der Waals surface area contributed by atoms with Gasteiger partial charge in [-0.05, 0) is 23.8 Å². The van der Waals surface area contributed by atoms with Crippen LogP contribution in [0.4, 0.5) is 10.5 Å². The highest BCUT2D eigenvalue weighted by Gasteiger charge is 2.06. The van der Waals surface area contributed by atoms with Gasteiger partial charge in [-0.25, -0.2) is 4.79 Å². The molecule has 0 aliphatic rings. The lowest BCUT2D eigenvalue weighted by atomic mass is 10.2. The second kappa shape index (κ2) is 7.22. The minimum Gasteiger partial charge on any atom is -0.445 e. The van der Waals surface area contributed by atoms with Gasteiger partial charge < -0.3 is 4.74 Å². The van der Waals surface area contributed by atoms with Crippen LogP contribution in [0.2, 0.25) is 0 Å². The second-order valence-corrected chi connectivity index (χ2v) is 4.92. The van der Waals surface area contributed by atoms with Gasteiger partial charge in [0.25, 0.3) is 0 Å². The number of nitrogens with one attached hydrogen (secondary N) is 1. The van der Waals surface area contributed by atoms with Crippen molar-refractivity contribution in [3.63, 3.8) is 0 Å². The minimum absolute atomic E-state index is 0.207. The molecule has 1 amide bonds. The molecule has 0 fully saturated rings. The van der Waals surface area contributed by atoms with Crippen LogP contribution >= 0.6 is 0 Å². The third kappa shape index (κ3) is 3.95. The fraction of sp³-hybridized carbons (Fsp3) is 0.0526. The first-order chi connectivity index (χ1) is 11.3. The molecule has 4 heteroatoms. The Morgan fingerprint density at radius 2 is 1.87 bits per heavy atom. The van der Waals surface area contributed by atoms with Gasteiger partial charge in [0.1, 0.15) is 6.61 Å². The first kappa shape index (κ1) is 14.8. The van der Waals surface area contributed by atoms with Crippen molar-refractivity contribution < 1.29 is 9.53 Å². The van der Waals surface area contributed by atoms with Crippen molar-refractivity contribution in [1.82, 2.24) is 4.98 Å². The molecule has 1 heterocycles. The summed E-state index contributed by atoms with van der Waals surface area (Å²) < 4.78 is 5.15. The van der Waals surface area contributed by atoms with Gasteiger partial charge in [-0.2, -0.15) is 0 Å². The monoisotopic (exact) mass is 304 g/mol. The number of hydrogen-bond donors (Lipinski definition) is 1. The molecule has 0 atom stereocenters. The van der Waals surface area contributed by atoms with Crippen LogP contribution in [0.1, 0.15) is 5.56 Å². The van der Waals surface area contributed by atoms with Crippen molar-refractivity contribution in [1.29, 1.82) is 0 Å². The molecule has 3 aromatic rings. The van der Waals surface area contributed by atoms with Crippen molar-refractivity contribution >= 4 is 28.8 Å². The van der Waals surface area contributed by atoms with Gasteiger partial charge in [0.15, 0.2) is 0 Å². The summed E-state index contributed by atoms with van der Waals surface area (Å²) in [6, 6.07) is 19.3. The number of hydrogen-bond acceptors (Lipinski definition) is 3. The number of nitrogens with zero attached hydrogens (tertiary/aromatic N) is 1. The molecule has 23 heavy (non-hydrogen) atoms. The summed E-state index contributed by atoms with van der Waals surface area (Å²) in [7, 11) is 0. The Hall–Kier alpha value is -3.14. The summed E-state index contributed by atoms with van der Waals surface area (Å²) in [5.41, 5.74) is 2.45. The molecule has 0 spiro atoms. The predicted molar refractivity (Wildman–Crippen MR) is 92.2 cm³/mol. The maximum absolute atomic E-state index is 11.9. The Bertz CT molecular complexity index is 824. The topological polar surface area (TPSA) is 51.2 Å². The molecule has 1 aromatic heterocycles. The van der Waals surface area contributed by atoms with Gasteiger partial charge >= 0.3 is 6.09 Å². The van der Waals surface area contributed by atoms with Gasteiger partial charge in [0, 0.05) is 11.6 Å². The average Bonchev–Trinajstić information content (AvgIpc) is 2.60. The fourth-order valence-electron chi connectivity index (χ4n) is 2.22. The Labute approximate surface area is 134 Å². The van der Waals surface area contributed by atoms with Crippen molar-refractivity contribution in [2.75, 3.05) is 11.9 Å². The van der Waals surface area contributed by atoms with Gasteiger partial charge in [0.05, 0.1) is 11.2 Å². The molecule has 2 aromatic carbocycles. The molecule has 0 saturated carbocycles. The van der Waals surface area contributed by atoms with Crippen LogP contribution in [0.5, 0.6) is 0 Å². The van der Waals surface area contributed by atoms with Crippen LogP contribution in [0.15, 0.2) is 72.9 Å². The lowest BCUT2D eigenvalue weighted by Gasteiger charge is -2.07. The summed E-state index contributed by atoms with van der Waals surface area (Å²) in [5.74, 6) is 0. The zero-order chi connectivity index (χ0) is 15.9. The average molecular weight is 304 g/mol. The van der Waals surface area contributed by atoms with Crippen molar-refractivity contribution in [2.45, 2.75) is 0 Å². The second-order valence-electron chi connectivity index (χ2n) is 4.92. The zero-order valence-electron chi connectivity index (χ0n) is 12.5. The maximum Gasteiger partial charge on any atom is 0.412 e. The zero-order valence-corrected chi connectivity index (χ0v) is 12.5. The number of anilines is 1. The molecule has 0 radical (unpaired) electrons. The molecule has 0 bridgehead atoms. The number of rotatable bonds is 4. The summed E-state index contributed by atoms with van der Waals surface area (Å²) in [6.45, 7) is 0.207. The van der Waals surface area contributed by atoms with Crippen LogP contribution in [0, 0.1) is 0 Å². The van der Waals surface area contributed by atoms with E-state index in [1.54, 1.807) is 18.3 Å². The highest BCUT2D eigenvalue weighted by molar-refractivity contribution is 5.97. The van der Waals surface area contributed by atoms with Crippen molar-refractivity contribution in [3.8, 4) is 0 Å². The van der Waals surface area contributed by atoms with Crippen LogP contribution in [-0.2, 0) is 4.74 Å². The van der Waals surface area contributed by atoms with E-state index < -0.39 is 6.09 Å². The number of ether oxygens (including phenoxy) is 1. The Balaban J connectivity index is 1.58. The van der Waals surface area contributed by atoms with Crippen LogP contribution in [0.25, 0.3) is 17.0 Å². The Morgan fingerprint density at radius 3 is 2.74 bits per heavy atom. The number of benzene rings is 2.